The fraction of sp³-hybridized carbons (Fsp3) is 0.278. The van der Waals surface area contributed by atoms with Gasteiger partial charge in [0, 0.05) is 25.4 Å². The number of ether oxygens (including phenoxy) is 3. The molecule has 0 radical (unpaired) electrons. The minimum Gasteiger partial charge on any atom is -0.497 e. The van der Waals surface area contributed by atoms with Crippen LogP contribution >= 0.6 is 0 Å². The number of carbonyl (C=O) groups excluding carboxylic acids is 2. The Hall–Kier alpha value is -4.94. The second-order valence-electron chi connectivity index (χ2n) is 11.1. The minimum atomic E-state index is -3.96. The Balaban J connectivity index is 1.52. The molecule has 1 atom stereocenters. The molecule has 10 nitrogen and oxygen atoms in total. The number of nitrogens with zero attached hydrogens (tertiary/aromatic N) is 1. The van der Waals surface area contributed by atoms with Gasteiger partial charge in [-0.15, -0.1) is 0 Å². The van der Waals surface area contributed by atoms with Gasteiger partial charge in [0.05, 0.1) is 18.1 Å². The summed E-state index contributed by atoms with van der Waals surface area (Å²) in [6.07, 6.45) is 0.681. The van der Waals surface area contributed by atoms with E-state index in [1.807, 2.05) is 32.0 Å². The number of anilines is 1. The van der Waals surface area contributed by atoms with Crippen molar-refractivity contribution in [2.75, 3.05) is 31.6 Å². The molecule has 2 N–H and O–H groups in total. The Morgan fingerprint density at radius 2 is 1.50 bits per heavy atom. The number of halogens is 1. The van der Waals surface area contributed by atoms with Crippen LogP contribution in [-0.2, 0) is 30.9 Å². The van der Waals surface area contributed by atoms with Gasteiger partial charge in [0.2, 0.25) is 5.91 Å². The van der Waals surface area contributed by atoms with Crippen molar-refractivity contribution in [2.24, 2.45) is 0 Å². The van der Waals surface area contributed by atoms with Gasteiger partial charge in [0.15, 0.2) is 6.61 Å². The van der Waals surface area contributed by atoms with Crippen LogP contribution in [0.25, 0.3) is 0 Å². The summed E-state index contributed by atoms with van der Waals surface area (Å²) >= 11 is 0. The zero-order valence-corrected chi connectivity index (χ0v) is 27.9. The maximum absolute atomic E-state index is 13.9. The first-order valence-electron chi connectivity index (χ1n) is 15.4. The zero-order chi connectivity index (χ0) is 34.5. The van der Waals surface area contributed by atoms with E-state index in [0.29, 0.717) is 30.9 Å². The Bertz CT molecular complexity index is 1720. The number of methoxy groups -OCH3 is 1. The predicted molar refractivity (Wildman–Crippen MR) is 181 cm³/mol. The van der Waals surface area contributed by atoms with E-state index >= 15 is 0 Å². The van der Waals surface area contributed by atoms with E-state index in [0.717, 1.165) is 17.7 Å². The fourth-order valence-corrected chi connectivity index (χ4v) is 5.79. The monoisotopic (exact) mass is 677 g/mol. The van der Waals surface area contributed by atoms with Crippen LogP contribution in [0.5, 0.6) is 11.5 Å². The normalized spacial score (nSPS) is 11.9. The molecule has 48 heavy (non-hydrogen) atoms. The Morgan fingerprint density at radius 1 is 0.854 bits per heavy atom. The molecule has 0 spiro atoms. The summed E-state index contributed by atoms with van der Waals surface area (Å²) in [6, 6.07) is 25.7. The first kappa shape index (κ1) is 35.9. The van der Waals surface area contributed by atoms with Crippen LogP contribution in [0, 0.1) is 5.82 Å². The van der Waals surface area contributed by atoms with E-state index in [9.17, 15) is 22.4 Å². The SMILES string of the molecule is COc1ccc(CN(C(=O)COc2ccc(S(=O)(=O)Nc3ccc(F)cc3)cc2)C(C(=O)NCCCOC(C)C)c2ccccc2)cc1. The van der Waals surface area contributed by atoms with Crippen LogP contribution < -0.4 is 19.5 Å². The average Bonchev–Trinajstić information content (AvgIpc) is 3.08. The van der Waals surface area contributed by atoms with Gasteiger partial charge >= 0.3 is 0 Å². The number of benzene rings is 4. The van der Waals surface area contributed by atoms with Crippen LogP contribution in [0.4, 0.5) is 10.1 Å². The number of nitrogens with one attached hydrogen (secondary N) is 2. The van der Waals surface area contributed by atoms with E-state index in [2.05, 4.69) is 10.0 Å². The van der Waals surface area contributed by atoms with Crippen molar-refractivity contribution in [3.8, 4) is 11.5 Å². The number of sulfonamides is 1. The van der Waals surface area contributed by atoms with E-state index in [1.165, 1.54) is 41.3 Å². The summed E-state index contributed by atoms with van der Waals surface area (Å²) in [6.45, 7) is 4.41. The van der Waals surface area contributed by atoms with Gasteiger partial charge in [-0.1, -0.05) is 42.5 Å². The van der Waals surface area contributed by atoms with Gasteiger partial charge in [-0.3, -0.25) is 14.3 Å². The van der Waals surface area contributed by atoms with Crippen LogP contribution in [0.1, 0.15) is 37.4 Å². The third kappa shape index (κ3) is 10.5. The third-order valence-electron chi connectivity index (χ3n) is 7.17. The largest absolute Gasteiger partial charge is 0.497 e. The van der Waals surface area contributed by atoms with Gasteiger partial charge in [-0.05, 0) is 92.1 Å². The molecule has 254 valence electrons. The van der Waals surface area contributed by atoms with Crippen LogP contribution in [-0.4, -0.2) is 58.1 Å². The van der Waals surface area contributed by atoms with Crippen molar-refractivity contribution in [1.82, 2.24) is 10.2 Å². The maximum Gasteiger partial charge on any atom is 0.261 e. The molecule has 0 heterocycles. The van der Waals surface area contributed by atoms with Crippen LogP contribution in [0.3, 0.4) is 0 Å². The molecular formula is C36H40FN3O7S. The first-order valence-corrected chi connectivity index (χ1v) is 16.9. The molecule has 0 saturated carbocycles. The highest BCUT2D eigenvalue weighted by Crippen LogP contribution is 2.26. The Labute approximate surface area is 280 Å². The molecule has 1 unspecified atom stereocenters. The highest BCUT2D eigenvalue weighted by molar-refractivity contribution is 7.92. The summed E-state index contributed by atoms with van der Waals surface area (Å²) in [5.74, 6) is -0.401. The summed E-state index contributed by atoms with van der Waals surface area (Å²) in [4.78, 5) is 29.1. The molecule has 0 aliphatic carbocycles. The molecule has 0 saturated heterocycles. The standard InChI is InChI=1S/C36H40FN3O7S/c1-26(2)46-23-7-22-38-36(42)35(28-8-5-4-6-9-28)40(24-27-10-16-31(45-3)17-11-27)34(41)25-47-32-18-20-33(21-19-32)48(43,44)39-30-14-12-29(37)13-15-30/h4-6,8-21,26,35,39H,7,22-25H2,1-3H3,(H,38,42). The smallest absolute Gasteiger partial charge is 0.261 e. The zero-order valence-electron chi connectivity index (χ0n) is 27.1. The lowest BCUT2D eigenvalue weighted by molar-refractivity contribution is -0.143. The maximum atomic E-state index is 13.9. The van der Waals surface area contributed by atoms with E-state index in [-0.39, 0.29) is 34.9 Å². The van der Waals surface area contributed by atoms with E-state index in [1.54, 1.807) is 43.5 Å². The topological polar surface area (TPSA) is 123 Å². The highest BCUT2D eigenvalue weighted by atomic mass is 32.2. The summed E-state index contributed by atoms with van der Waals surface area (Å²) in [7, 11) is -2.40. The summed E-state index contributed by atoms with van der Waals surface area (Å²) in [5.41, 5.74) is 1.60. The van der Waals surface area contributed by atoms with Crippen molar-refractivity contribution < 1.29 is 36.6 Å². The predicted octanol–water partition coefficient (Wildman–Crippen LogP) is 5.72. The van der Waals surface area contributed by atoms with Crippen molar-refractivity contribution in [3.05, 3.63) is 120 Å². The molecule has 4 rings (SSSR count). The lowest BCUT2D eigenvalue weighted by atomic mass is 10.0. The van der Waals surface area contributed by atoms with Crippen LogP contribution in [0.15, 0.2) is 108 Å². The molecule has 0 aliphatic rings. The second-order valence-corrected chi connectivity index (χ2v) is 12.8. The molecule has 0 aliphatic heterocycles. The second kappa shape index (κ2) is 17.3. The molecular weight excluding hydrogens is 637 g/mol. The molecule has 2 amide bonds. The van der Waals surface area contributed by atoms with Crippen molar-refractivity contribution in [1.29, 1.82) is 0 Å². The molecule has 12 heteroatoms. The van der Waals surface area contributed by atoms with Gasteiger partial charge in [0.1, 0.15) is 23.4 Å². The number of hydrogen-bond donors (Lipinski definition) is 2. The van der Waals surface area contributed by atoms with Crippen molar-refractivity contribution >= 4 is 27.5 Å². The molecule has 0 fully saturated rings. The average molecular weight is 678 g/mol. The Morgan fingerprint density at radius 3 is 2.12 bits per heavy atom. The van der Waals surface area contributed by atoms with E-state index < -0.39 is 34.4 Å². The number of hydrogen-bond acceptors (Lipinski definition) is 7. The number of rotatable bonds is 17. The van der Waals surface area contributed by atoms with Gasteiger partial charge in [0.25, 0.3) is 15.9 Å². The van der Waals surface area contributed by atoms with Crippen molar-refractivity contribution in [2.45, 2.75) is 43.9 Å². The van der Waals surface area contributed by atoms with Gasteiger partial charge in [-0.25, -0.2) is 12.8 Å². The first-order chi connectivity index (χ1) is 23.1. The third-order valence-corrected chi connectivity index (χ3v) is 8.57. The molecule has 0 bridgehead atoms. The summed E-state index contributed by atoms with van der Waals surface area (Å²) in [5, 5.41) is 2.95. The molecule has 0 aromatic heterocycles. The van der Waals surface area contributed by atoms with Gasteiger partial charge in [-0.2, -0.15) is 0 Å². The Kier molecular flexibility index (Phi) is 12.9. The number of amides is 2. The van der Waals surface area contributed by atoms with Crippen molar-refractivity contribution in [3.63, 3.8) is 0 Å². The lowest BCUT2D eigenvalue weighted by Crippen LogP contribution is -2.45. The number of carbonyl (C=O) groups is 2. The quantitative estimate of drug-likeness (QED) is 0.137. The fourth-order valence-electron chi connectivity index (χ4n) is 4.73. The highest BCUT2D eigenvalue weighted by Gasteiger charge is 2.32. The molecule has 4 aromatic rings. The lowest BCUT2D eigenvalue weighted by Gasteiger charge is -2.31. The van der Waals surface area contributed by atoms with Crippen LogP contribution in [0.2, 0.25) is 0 Å². The van der Waals surface area contributed by atoms with Gasteiger partial charge < -0.3 is 24.4 Å². The summed E-state index contributed by atoms with van der Waals surface area (Å²) < 4.78 is 57.9. The van der Waals surface area contributed by atoms with E-state index in [4.69, 9.17) is 14.2 Å². The minimum absolute atomic E-state index is 0.0498. The molecule has 4 aromatic carbocycles.